The fourth-order valence-electron chi connectivity index (χ4n) is 8.13. The molecule has 3 nitrogen and oxygen atoms in total. The van der Waals surface area contributed by atoms with E-state index in [-0.39, 0.29) is 22.9 Å². The molecular weight excluding hydrogens is 310 g/mol. The first-order valence-electron chi connectivity index (χ1n) is 10.3. The standard InChI is InChI=1S/C22H31NO2/c1-14-16-5-9-21(19(14)25-15(2)24)10-6-17-20(3)7-4-8-22(17,13-23-12-20)18(21)11-16/h13,16-19H,1,4-12H2,2-3H3/t16-,17+,18+,19+,20-,21-,22-/m0/s1. The molecule has 0 aromatic rings. The van der Waals surface area contributed by atoms with Gasteiger partial charge in [0.25, 0.3) is 0 Å². The summed E-state index contributed by atoms with van der Waals surface area (Å²) in [5.74, 6) is 1.79. The maximum atomic E-state index is 11.9. The van der Waals surface area contributed by atoms with E-state index in [0.29, 0.717) is 17.3 Å². The largest absolute Gasteiger partial charge is 0.457 e. The third-order valence-electron chi connectivity index (χ3n) is 9.02. The zero-order valence-corrected chi connectivity index (χ0v) is 15.7. The molecule has 3 heteroatoms. The van der Waals surface area contributed by atoms with Crippen molar-refractivity contribution in [2.45, 2.75) is 71.3 Å². The topological polar surface area (TPSA) is 38.7 Å². The number of aliphatic imine (C=N–C) groups is 1. The Bertz CT molecular complexity index is 669. The van der Waals surface area contributed by atoms with Gasteiger partial charge in [0, 0.05) is 30.5 Å². The minimum absolute atomic E-state index is 0.0543. The van der Waals surface area contributed by atoms with Gasteiger partial charge in [-0.05, 0) is 73.7 Å². The molecule has 0 amide bonds. The summed E-state index contributed by atoms with van der Waals surface area (Å²) >= 11 is 0. The molecule has 0 aromatic carbocycles. The number of nitrogens with zero attached hydrogens (tertiary/aromatic N) is 1. The highest BCUT2D eigenvalue weighted by molar-refractivity contribution is 5.70. The first-order chi connectivity index (χ1) is 11.9. The molecular formula is C22H31NO2. The van der Waals surface area contributed by atoms with Gasteiger partial charge in [0.15, 0.2) is 0 Å². The molecule has 6 aliphatic rings. The molecule has 1 heterocycles. The predicted octanol–water partition coefficient (Wildman–Crippen LogP) is 4.56. The third-order valence-corrected chi connectivity index (χ3v) is 9.02. The van der Waals surface area contributed by atoms with Crippen LogP contribution in [0.25, 0.3) is 0 Å². The van der Waals surface area contributed by atoms with Crippen LogP contribution in [0.4, 0.5) is 0 Å². The number of ether oxygens (including phenoxy) is 1. The number of esters is 1. The van der Waals surface area contributed by atoms with Crippen LogP contribution >= 0.6 is 0 Å². The Balaban J connectivity index is 1.62. The first kappa shape index (κ1) is 16.1. The van der Waals surface area contributed by atoms with E-state index < -0.39 is 0 Å². The minimum atomic E-state index is -0.141. The van der Waals surface area contributed by atoms with Crippen molar-refractivity contribution in [3.63, 3.8) is 0 Å². The molecule has 5 saturated carbocycles. The molecule has 4 bridgehead atoms. The minimum Gasteiger partial charge on any atom is -0.457 e. The Hall–Kier alpha value is -1.12. The molecule has 6 rings (SSSR count). The smallest absolute Gasteiger partial charge is 0.303 e. The van der Waals surface area contributed by atoms with Crippen molar-refractivity contribution >= 4 is 12.2 Å². The number of fused-ring (bicyclic) bond motifs is 2. The van der Waals surface area contributed by atoms with Gasteiger partial charge in [0.1, 0.15) is 6.10 Å². The van der Waals surface area contributed by atoms with Crippen molar-refractivity contribution in [1.29, 1.82) is 0 Å². The second kappa shape index (κ2) is 4.98. The van der Waals surface area contributed by atoms with Crippen molar-refractivity contribution in [3.05, 3.63) is 12.2 Å². The van der Waals surface area contributed by atoms with Gasteiger partial charge >= 0.3 is 5.97 Å². The lowest BCUT2D eigenvalue weighted by molar-refractivity contribution is -0.201. The summed E-state index contributed by atoms with van der Waals surface area (Å²) in [6, 6.07) is 0. The Labute approximate surface area is 151 Å². The quantitative estimate of drug-likeness (QED) is 0.518. The zero-order valence-electron chi connectivity index (χ0n) is 15.7. The van der Waals surface area contributed by atoms with Gasteiger partial charge in [0.05, 0.1) is 0 Å². The molecule has 7 atom stereocenters. The van der Waals surface area contributed by atoms with Gasteiger partial charge in [-0.3, -0.25) is 9.79 Å². The van der Waals surface area contributed by atoms with Crippen molar-refractivity contribution in [2.75, 3.05) is 6.54 Å². The zero-order chi connectivity index (χ0) is 17.4. The molecule has 0 unspecified atom stereocenters. The van der Waals surface area contributed by atoms with Gasteiger partial charge in [-0.25, -0.2) is 0 Å². The highest BCUT2D eigenvalue weighted by Crippen LogP contribution is 2.72. The summed E-state index contributed by atoms with van der Waals surface area (Å²) in [4.78, 5) is 16.8. The Morgan fingerprint density at radius 3 is 2.84 bits per heavy atom. The summed E-state index contributed by atoms with van der Waals surface area (Å²) < 4.78 is 5.95. The van der Waals surface area contributed by atoms with E-state index in [9.17, 15) is 4.79 Å². The summed E-state index contributed by atoms with van der Waals surface area (Å²) in [5.41, 5.74) is 1.97. The summed E-state index contributed by atoms with van der Waals surface area (Å²) in [6.07, 6.45) is 12.5. The summed E-state index contributed by atoms with van der Waals surface area (Å²) in [6.45, 7) is 9.47. The van der Waals surface area contributed by atoms with Gasteiger partial charge < -0.3 is 4.74 Å². The number of carbonyl (C=O) groups is 1. The van der Waals surface area contributed by atoms with Crippen molar-refractivity contribution in [1.82, 2.24) is 0 Å². The van der Waals surface area contributed by atoms with Crippen LogP contribution in [0.15, 0.2) is 17.1 Å². The SMILES string of the molecule is C=C1[C@H]2CC[C@@]3(CC[C@@H]4[C@@]5(C)CCC[C@@]4(C=NC5)[C@@H]3C2)[C@@H]1OC(C)=O. The van der Waals surface area contributed by atoms with Crippen LogP contribution in [0, 0.1) is 34.0 Å². The lowest BCUT2D eigenvalue weighted by Crippen LogP contribution is -2.67. The van der Waals surface area contributed by atoms with Crippen LogP contribution < -0.4 is 0 Å². The van der Waals surface area contributed by atoms with Gasteiger partial charge in [-0.1, -0.05) is 19.9 Å². The molecule has 0 radical (unpaired) electrons. The van der Waals surface area contributed by atoms with Crippen LogP contribution in [-0.2, 0) is 9.53 Å². The van der Waals surface area contributed by atoms with Gasteiger partial charge in [0.2, 0.25) is 0 Å². The molecule has 1 aliphatic heterocycles. The third kappa shape index (κ3) is 1.88. The number of hydrogen-bond acceptors (Lipinski definition) is 3. The van der Waals surface area contributed by atoms with Crippen LogP contribution in [0.1, 0.15) is 65.2 Å². The average molecular weight is 341 g/mol. The molecule has 1 spiro atoms. The van der Waals surface area contributed by atoms with E-state index in [2.05, 4.69) is 19.7 Å². The summed E-state index contributed by atoms with van der Waals surface area (Å²) in [7, 11) is 0. The second-order valence-corrected chi connectivity index (χ2v) is 10.0. The van der Waals surface area contributed by atoms with E-state index in [1.165, 1.54) is 56.9 Å². The number of carbonyl (C=O) groups excluding carboxylic acids is 1. The molecule has 5 fully saturated rings. The highest BCUT2D eigenvalue weighted by Gasteiger charge is 2.69. The predicted molar refractivity (Wildman–Crippen MR) is 98.4 cm³/mol. The second-order valence-electron chi connectivity index (χ2n) is 10.0. The Morgan fingerprint density at radius 1 is 1.24 bits per heavy atom. The highest BCUT2D eigenvalue weighted by atomic mass is 16.5. The van der Waals surface area contributed by atoms with Crippen LogP contribution in [0.2, 0.25) is 0 Å². The van der Waals surface area contributed by atoms with Crippen molar-refractivity contribution in [2.24, 2.45) is 39.0 Å². The lowest BCUT2D eigenvalue weighted by Gasteiger charge is -2.70. The molecule has 0 saturated heterocycles. The van der Waals surface area contributed by atoms with Gasteiger partial charge in [-0.2, -0.15) is 0 Å². The monoisotopic (exact) mass is 341 g/mol. The van der Waals surface area contributed by atoms with E-state index in [1.54, 1.807) is 6.92 Å². The van der Waals surface area contributed by atoms with Crippen LogP contribution in [0.5, 0.6) is 0 Å². The normalized spacial score (nSPS) is 53.1. The van der Waals surface area contributed by atoms with E-state index in [4.69, 9.17) is 9.73 Å². The maximum absolute atomic E-state index is 11.9. The molecule has 0 aromatic heterocycles. The van der Waals surface area contributed by atoms with Crippen molar-refractivity contribution in [3.8, 4) is 0 Å². The average Bonchev–Trinajstić information content (AvgIpc) is 2.56. The molecule has 0 N–H and O–H groups in total. The molecule has 136 valence electrons. The van der Waals surface area contributed by atoms with E-state index in [1.807, 2.05) is 0 Å². The first-order valence-corrected chi connectivity index (χ1v) is 10.3. The Morgan fingerprint density at radius 2 is 2.04 bits per heavy atom. The van der Waals surface area contributed by atoms with Crippen molar-refractivity contribution < 1.29 is 9.53 Å². The lowest BCUT2D eigenvalue weighted by atomic mass is 9.35. The van der Waals surface area contributed by atoms with Gasteiger partial charge in [-0.15, -0.1) is 0 Å². The fraction of sp³-hybridized carbons (Fsp3) is 0.818. The molecule has 25 heavy (non-hydrogen) atoms. The summed E-state index contributed by atoms with van der Waals surface area (Å²) in [5, 5.41) is 0. The van der Waals surface area contributed by atoms with Crippen LogP contribution in [-0.4, -0.2) is 24.8 Å². The van der Waals surface area contributed by atoms with E-state index >= 15 is 0 Å². The van der Waals surface area contributed by atoms with E-state index in [0.717, 1.165) is 12.5 Å². The number of rotatable bonds is 1. The fourth-order valence-corrected chi connectivity index (χ4v) is 8.13. The van der Waals surface area contributed by atoms with Crippen LogP contribution in [0.3, 0.4) is 0 Å². The maximum Gasteiger partial charge on any atom is 0.303 e. The Kier molecular flexibility index (Phi) is 3.21. The number of hydrogen-bond donors (Lipinski definition) is 0. The molecule has 5 aliphatic carbocycles.